The molecule has 8 nitrogen and oxygen atoms in total. The largest absolute Gasteiger partial charge is 0.497 e. The van der Waals surface area contributed by atoms with E-state index >= 15 is 0 Å². The Morgan fingerprint density at radius 2 is 2.00 bits per heavy atom. The Kier molecular flexibility index (Phi) is 5.28. The Bertz CT molecular complexity index is 952. The highest BCUT2D eigenvalue weighted by Crippen LogP contribution is 2.27. The number of carbonyl (C=O) groups is 1. The SMILES string of the molecule is COc1ccc(-c2nn(CC(=O)Nc3nccs3)c(=O)cc2OC)cc1. The molecule has 1 amide bonds. The van der Waals surface area contributed by atoms with Crippen LogP contribution in [0.2, 0.25) is 0 Å². The number of thiazole rings is 1. The van der Waals surface area contributed by atoms with E-state index < -0.39 is 5.56 Å². The van der Waals surface area contributed by atoms with E-state index in [0.29, 0.717) is 22.3 Å². The van der Waals surface area contributed by atoms with Crippen LogP contribution in [0.1, 0.15) is 0 Å². The smallest absolute Gasteiger partial charge is 0.270 e. The molecule has 0 saturated carbocycles. The second-order valence-electron chi connectivity index (χ2n) is 5.17. The third-order valence-corrected chi connectivity index (χ3v) is 4.21. The molecule has 1 aromatic carbocycles. The van der Waals surface area contributed by atoms with E-state index in [1.807, 2.05) is 0 Å². The van der Waals surface area contributed by atoms with Crippen molar-refractivity contribution in [1.82, 2.24) is 14.8 Å². The molecule has 3 aromatic rings. The Labute approximate surface area is 153 Å². The van der Waals surface area contributed by atoms with Crippen molar-refractivity contribution >= 4 is 22.4 Å². The molecule has 0 fully saturated rings. The lowest BCUT2D eigenvalue weighted by atomic mass is 10.1. The molecule has 0 radical (unpaired) electrons. The minimum atomic E-state index is -0.437. The quantitative estimate of drug-likeness (QED) is 0.711. The van der Waals surface area contributed by atoms with Crippen molar-refractivity contribution in [3.8, 4) is 22.8 Å². The molecule has 3 rings (SSSR count). The normalized spacial score (nSPS) is 10.4. The summed E-state index contributed by atoms with van der Waals surface area (Å²) in [5, 5.41) is 9.13. The van der Waals surface area contributed by atoms with Crippen LogP contribution < -0.4 is 20.3 Å². The van der Waals surface area contributed by atoms with Crippen LogP contribution in [-0.2, 0) is 11.3 Å². The van der Waals surface area contributed by atoms with E-state index in [-0.39, 0.29) is 12.5 Å². The molecular weight excluding hydrogens is 356 g/mol. The minimum absolute atomic E-state index is 0.231. The summed E-state index contributed by atoms with van der Waals surface area (Å²) in [4.78, 5) is 28.3. The van der Waals surface area contributed by atoms with Gasteiger partial charge in [-0.2, -0.15) is 5.10 Å². The first-order valence-corrected chi connectivity index (χ1v) is 8.48. The molecule has 9 heteroatoms. The number of hydrogen-bond donors (Lipinski definition) is 1. The molecule has 2 aromatic heterocycles. The molecule has 2 heterocycles. The number of carbonyl (C=O) groups excluding carboxylic acids is 1. The summed E-state index contributed by atoms with van der Waals surface area (Å²) in [7, 11) is 3.04. The van der Waals surface area contributed by atoms with Crippen molar-refractivity contribution < 1.29 is 14.3 Å². The average Bonchev–Trinajstić information content (AvgIpc) is 3.16. The average molecular weight is 372 g/mol. The highest BCUT2D eigenvalue weighted by Gasteiger charge is 2.14. The fourth-order valence-electron chi connectivity index (χ4n) is 2.27. The molecule has 1 N–H and O–H groups in total. The Morgan fingerprint density at radius 3 is 2.62 bits per heavy atom. The zero-order valence-corrected chi connectivity index (χ0v) is 14.9. The predicted molar refractivity (Wildman–Crippen MR) is 97.8 cm³/mol. The van der Waals surface area contributed by atoms with Crippen molar-refractivity contribution in [2.75, 3.05) is 19.5 Å². The summed E-state index contributed by atoms with van der Waals surface area (Å²) in [6, 6.07) is 8.47. The molecule has 0 aliphatic rings. The van der Waals surface area contributed by atoms with Gasteiger partial charge in [0, 0.05) is 23.2 Å². The van der Waals surface area contributed by atoms with Crippen LogP contribution in [0, 0.1) is 0 Å². The molecule has 0 bridgehead atoms. The van der Waals surface area contributed by atoms with Gasteiger partial charge in [-0.3, -0.25) is 9.59 Å². The van der Waals surface area contributed by atoms with E-state index in [0.717, 1.165) is 10.2 Å². The van der Waals surface area contributed by atoms with Gasteiger partial charge in [-0.05, 0) is 24.3 Å². The Hall–Kier alpha value is -3.20. The highest BCUT2D eigenvalue weighted by molar-refractivity contribution is 7.13. The standard InChI is InChI=1S/C17H16N4O4S/c1-24-12-5-3-11(4-6-12)16-13(25-2)9-15(23)21(20-16)10-14(22)19-17-18-7-8-26-17/h3-9H,10H2,1-2H3,(H,18,19,22). The molecular formula is C17H16N4O4S. The third-order valence-electron chi connectivity index (χ3n) is 3.52. The lowest BCUT2D eigenvalue weighted by Gasteiger charge is -2.11. The van der Waals surface area contributed by atoms with Crippen LogP contribution in [0.25, 0.3) is 11.3 Å². The predicted octanol–water partition coefficient (Wildman–Crippen LogP) is 2.02. The first kappa shape index (κ1) is 17.6. The van der Waals surface area contributed by atoms with Crippen LogP contribution in [-0.4, -0.2) is 34.9 Å². The number of ether oxygens (including phenoxy) is 2. The molecule has 0 unspecified atom stereocenters. The van der Waals surface area contributed by atoms with Gasteiger partial charge in [0.25, 0.3) is 5.56 Å². The van der Waals surface area contributed by atoms with Gasteiger partial charge in [-0.15, -0.1) is 11.3 Å². The van der Waals surface area contributed by atoms with Crippen LogP contribution in [0.15, 0.2) is 46.7 Å². The number of nitrogens with zero attached hydrogens (tertiary/aromatic N) is 3. The fourth-order valence-corrected chi connectivity index (χ4v) is 2.82. The van der Waals surface area contributed by atoms with Gasteiger partial charge >= 0.3 is 0 Å². The van der Waals surface area contributed by atoms with Gasteiger partial charge in [0.15, 0.2) is 10.9 Å². The molecule has 26 heavy (non-hydrogen) atoms. The van der Waals surface area contributed by atoms with Gasteiger partial charge in [0.05, 0.1) is 14.2 Å². The maximum Gasteiger partial charge on any atom is 0.270 e. The number of anilines is 1. The molecule has 0 aliphatic heterocycles. The second kappa shape index (κ2) is 7.79. The first-order valence-electron chi connectivity index (χ1n) is 7.60. The van der Waals surface area contributed by atoms with Gasteiger partial charge in [-0.1, -0.05) is 0 Å². The summed E-state index contributed by atoms with van der Waals surface area (Å²) in [6.07, 6.45) is 1.58. The lowest BCUT2D eigenvalue weighted by molar-refractivity contribution is -0.117. The maximum absolute atomic E-state index is 12.2. The number of benzene rings is 1. The number of hydrogen-bond acceptors (Lipinski definition) is 7. The molecule has 134 valence electrons. The molecule has 0 spiro atoms. The van der Waals surface area contributed by atoms with Gasteiger partial charge in [0.1, 0.15) is 18.0 Å². The zero-order chi connectivity index (χ0) is 18.5. The monoisotopic (exact) mass is 372 g/mol. The minimum Gasteiger partial charge on any atom is -0.497 e. The number of nitrogens with one attached hydrogen (secondary N) is 1. The Balaban J connectivity index is 1.90. The van der Waals surface area contributed by atoms with E-state index in [4.69, 9.17) is 9.47 Å². The molecule has 0 aliphatic carbocycles. The van der Waals surface area contributed by atoms with Crippen molar-refractivity contribution in [2.24, 2.45) is 0 Å². The maximum atomic E-state index is 12.2. The van der Waals surface area contributed by atoms with Crippen molar-refractivity contribution in [2.45, 2.75) is 6.54 Å². The van der Waals surface area contributed by atoms with Gasteiger partial charge in [0.2, 0.25) is 5.91 Å². The fraction of sp³-hybridized carbons (Fsp3) is 0.176. The summed E-state index contributed by atoms with van der Waals surface area (Å²) in [5.41, 5.74) is 0.752. The van der Waals surface area contributed by atoms with Gasteiger partial charge < -0.3 is 14.8 Å². The molecule has 0 saturated heterocycles. The summed E-state index contributed by atoms with van der Waals surface area (Å²) >= 11 is 1.29. The van der Waals surface area contributed by atoms with Crippen molar-refractivity contribution in [3.05, 3.63) is 52.3 Å². The van der Waals surface area contributed by atoms with Crippen LogP contribution in [0.4, 0.5) is 5.13 Å². The summed E-state index contributed by atoms with van der Waals surface area (Å²) in [5.74, 6) is 0.640. The number of aromatic nitrogens is 3. The summed E-state index contributed by atoms with van der Waals surface area (Å²) < 4.78 is 11.5. The summed E-state index contributed by atoms with van der Waals surface area (Å²) in [6.45, 7) is -0.231. The van der Waals surface area contributed by atoms with Crippen LogP contribution >= 0.6 is 11.3 Å². The zero-order valence-electron chi connectivity index (χ0n) is 14.1. The van der Waals surface area contributed by atoms with Crippen LogP contribution in [0.3, 0.4) is 0 Å². The van der Waals surface area contributed by atoms with Gasteiger partial charge in [-0.25, -0.2) is 9.67 Å². The van der Waals surface area contributed by atoms with E-state index in [1.165, 1.54) is 24.5 Å². The number of methoxy groups -OCH3 is 2. The van der Waals surface area contributed by atoms with E-state index in [9.17, 15) is 9.59 Å². The van der Waals surface area contributed by atoms with Crippen LogP contribution in [0.5, 0.6) is 11.5 Å². The first-order chi connectivity index (χ1) is 12.6. The van der Waals surface area contributed by atoms with Crippen molar-refractivity contribution in [3.63, 3.8) is 0 Å². The lowest BCUT2D eigenvalue weighted by Crippen LogP contribution is -2.29. The highest BCUT2D eigenvalue weighted by atomic mass is 32.1. The van der Waals surface area contributed by atoms with E-state index in [1.54, 1.807) is 43.0 Å². The second-order valence-corrected chi connectivity index (χ2v) is 6.07. The number of rotatable bonds is 6. The topological polar surface area (TPSA) is 95.3 Å². The van der Waals surface area contributed by atoms with E-state index in [2.05, 4.69) is 15.4 Å². The Morgan fingerprint density at radius 1 is 1.23 bits per heavy atom. The van der Waals surface area contributed by atoms with Crippen molar-refractivity contribution in [1.29, 1.82) is 0 Å². The molecule has 0 atom stereocenters. The number of amides is 1. The third kappa shape index (κ3) is 3.89.